The third-order valence-electron chi connectivity index (χ3n) is 4.89. The number of phenolic OH excluding ortho intramolecular Hbond substituents is 1. The van der Waals surface area contributed by atoms with Crippen LogP contribution in [0, 0.1) is 0 Å². The summed E-state index contributed by atoms with van der Waals surface area (Å²) in [6, 6.07) is 11.2. The first-order chi connectivity index (χ1) is 14.8. The lowest BCUT2D eigenvalue weighted by atomic mass is 9.96. The molecule has 2 aromatic carbocycles. The Morgan fingerprint density at radius 1 is 1.29 bits per heavy atom. The van der Waals surface area contributed by atoms with Crippen molar-refractivity contribution in [3.63, 3.8) is 0 Å². The van der Waals surface area contributed by atoms with Crippen LogP contribution in [-0.2, 0) is 9.53 Å². The molecule has 0 saturated carbocycles. The number of carbonyl (C=O) groups is 1. The number of carbonyl (C=O) groups excluding carboxylic acids is 1. The Morgan fingerprint density at radius 3 is 2.68 bits per heavy atom. The van der Waals surface area contributed by atoms with Crippen LogP contribution < -0.4 is 14.9 Å². The standard InChI is InChI=1S/C22H16BrClN2O4S/c1-11-18(21(29)30-2)19(12-3-6-15(24)7-4-12)26-20(28)17(31-22(26)25-11)10-13-9-14(23)5-8-16(13)27/h3-10,19,27H,1-2H3/b17-10-/t19-/m0/s1. The summed E-state index contributed by atoms with van der Waals surface area (Å²) in [6.45, 7) is 1.71. The molecule has 1 aliphatic heterocycles. The number of methoxy groups -OCH3 is 1. The van der Waals surface area contributed by atoms with Gasteiger partial charge in [0.15, 0.2) is 4.80 Å². The van der Waals surface area contributed by atoms with Gasteiger partial charge in [0.25, 0.3) is 5.56 Å². The molecule has 1 aliphatic rings. The third kappa shape index (κ3) is 3.98. The zero-order valence-electron chi connectivity index (χ0n) is 16.4. The molecule has 1 aromatic heterocycles. The van der Waals surface area contributed by atoms with Crippen LogP contribution in [-0.4, -0.2) is 22.8 Å². The number of ether oxygens (including phenoxy) is 1. The molecule has 0 fully saturated rings. The van der Waals surface area contributed by atoms with Gasteiger partial charge in [0.05, 0.1) is 29.0 Å². The second-order valence-corrected chi connectivity index (χ2v) is 9.19. The van der Waals surface area contributed by atoms with Crippen LogP contribution in [0.5, 0.6) is 5.75 Å². The number of hydrogen-bond donors (Lipinski definition) is 1. The van der Waals surface area contributed by atoms with Gasteiger partial charge >= 0.3 is 5.97 Å². The van der Waals surface area contributed by atoms with Gasteiger partial charge in [0, 0.05) is 15.1 Å². The average Bonchev–Trinajstić information content (AvgIpc) is 3.04. The lowest BCUT2D eigenvalue weighted by molar-refractivity contribution is -0.136. The van der Waals surface area contributed by atoms with E-state index in [1.54, 1.807) is 55.5 Å². The van der Waals surface area contributed by atoms with E-state index in [0.29, 0.717) is 31.2 Å². The highest BCUT2D eigenvalue weighted by Crippen LogP contribution is 2.31. The summed E-state index contributed by atoms with van der Waals surface area (Å²) in [5.74, 6) is -0.505. The summed E-state index contributed by atoms with van der Waals surface area (Å²) < 4.78 is 7.61. The molecule has 0 amide bonds. The van der Waals surface area contributed by atoms with E-state index < -0.39 is 12.0 Å². The predicted molar refractivity (Wildman–Crippen MR) is 123 cm³/mol. The predicted octanol–water partition coefficient (Wildman–Crippen LogP) is 3.53. The molecule has 158 valence electrons. The molecule has 3 aromatic rings. The number of thiazole rings is 1. The van der Waals surface area contributed by atoms with Crippen molar-refractivity contribution in [1.82, 2.24) is 4.57 Å². The van der Waals surface area contributed by atoms with Crippen molar-refractivity contribution in [2.24, 2.45) is 4.99 Å². The van der Waals surface area contributed by atoms with Gasteiger partial charge in [-0.15, -0.1) is 0 Å². The monoisotopic (exact) mass is 518 g/mol. The lowest BCUT2D eigenvalue weighted by Crippen LogP contribution is -2.39. The van der Waals surface area contributed by atoms with Gasteiger partial charge < -0.3 is 9.84 Å². The Morgan fingerprint density at radius 2 is 2.00 bits per heavy atom. The van der Waals surface area contributed by atoms with Gasteiger partial charge in [0.1, 0.15) is 5.75 Å². The van der Waals surface area contributed by atoms with E-state index in [9.17, 15) is 14.7 Å². The molecule has 31 heavy (non-hydrogen) atoms. The number of esters is 1. The summed E-state index contributed by atoms with van der Waals surface area (Å²) in [5.41, 5.74) is 1.64. The van der Waals surface area contributed by atoms with Crippen molar-refractivity contribution in [3.8, 4) is 5.75 Å². The topological polar surface area (TPSA) is 80.9 Å². The van der Waals surface area contributed by atoms with Crippen LogP contribution in [0.15, 0.2) is 68.0 Å². The third-order valence-corrected chi connectivity index (χ3v) is 6.62. The maximum absolute atomic E-state index is 13.4. The van der Waals surface area contributed by atoms with Crippen molar-refractivity contribution in [3.05, 3.63) is 94.0 Å². The van der Waals surface area contributed by atoms with Gasteiger partial charge in [0.2, 0.25) is 0 Å². The number of hydrogen-bond acceptors (Lipinski definition) is 6. The molecule has 0 spiro atoms. The Labute approximate surface area is 194 Å². The van der Waals surface area contributed by atoms with Crippen molar-refractivity contribution in [1.29, 1.82) is 0 Å². The molecule has 1 atom stereocenters. The van der Waals surface area contributed by atoms with Gasteiger partial charge in [-0.05, 0) is 48.9 Å². The molecule has 0 radical (unpaired) electrons. The largest absolute Gasteiger partial charge is 0.507 e. The first kappa shape index (κ1) is 21.5. The van der Waals surface area contributed by atoms with E-state index in [0.717, 1.165) is 4.47 Å². The smallest absolute Gasteiger partial charge is 0.338 e. The van der Waals surface area contributed by atoms with Gasteiger partial charge in [-0.25, -0.2) is 9.79 Å². The average molecular weight is 520 g/mol. The highest BCUT2D eigenvalue weighted by atomic mass is 79.9. The molecule has 0 aliphatic carbocycles. The lowest BCUT2D eigenvalue weighted by Gasteiger charge is -2.24. The van der Waals surface area contributed by atoms with Crippen LogP contribution in [0.25, 0.3) is 6.08 Å². The molecule has 1 N–H and O–H groups in total. The van der Waals surface area contributed by atoms with Gasteiger partial charge in [-0.1, -0.05) is 51.0 Å². The minimum Gasteiger partial charge on any atom is -0.507 e. The van der Waals surface area contributed by atoms with Crippen LogP contribution >= 0.6 is 38.9 Å². The Hall–Kier alpha value is -2.68. The van der Waals surface area contributed by atoms with Crippen LogP contribution in [0.3, 0.4) is 0 Å². The SMILES string of the molecule is COC(=O)C1=C(C)N=c2s/c(=C\c3cc(Br)ccc3O)c(=O)n2[C@H]1c1ccc(Cl)cc1. The van der Waals surface area contributed by atoms with E-state index in [-0.39, 0.29) is 16.9 Å². The number of benzene rings is 2. The Balaban J connectivity index is 1.99. The number of rotatable bonds is 3. The second kappa shape index (κ2) is 8.45. The molecule has 6 nitrogen and oxygen atoms in total. The number of fused-ring (bicyclic) bond motifs is 1. The summed E-state index contributed by atoms with van der Waals surface area (Å²) in [5, 5.41) is 10.7. The summed E-state index contributed by atoms with van der Waals surface area (Å²) >= 11 is 10.6. The van der Waals surface area contributed by atoms with Crippen molar-refractivity contribution < 1.29 is 14.6 Å². The molecule has 0 bridgehead atoms. The van der Waals surface area contributed by atoms with Crippen LogP contribution in [0.2, 0.25) is 5.02 Å². The van der Waals surface area contributed by atoms with Gasteiger partial charge in [-0.2, -0.15) is 0 Å². The number of nitrogens with zero attached hydrogens (tertiary/aromatic N) is 2. The highest BCUT2D eigenvalue weighted by molar-refractivity contribution is 9.10. The minimum absolute atomic E-state index is 0.0507. The van der Waals surface area contributed by atoms with Crippen LogP contribution in [0.4, 0.5) is 0 Å². The Kier molecular flexibility index (Phi) is 5.88. The molecule has 0 saturated heterocycles. The maximum Gasteiger partial charge on any atom is 0.338 e. The molecule has 2 heterocycles. The zero-order valence-corrected chi connectivity index (χ0v) is 19.6. The maximum atomic E-state index is 13.4. The number of phenols is 1. The fraction of sp³-hybridized carbons (Fsp3) is 0.136. The number of halogens is 2. The number of allylic oxidation sites excluding steroid dienone is 1. The number of aromatic nitrogens is 1. The quantitative estimate of drug-likeness (QED) is 0.537. The summed E-state index contributed by atoms with van der Waals surface area (Å²) in [4.78, 5) is 31.0. The molecular weight excluding hydrogens is 504 g/mol. The Bertz CT molecular complexity index is 1410. The van der Waals surface area contributed by atoms with Gasteiger partial charge in [-0.3, -0.25) is 9.36 Å². The van der Waals surface area contributed by atoms with E-state index in [1.165, 1.54) is 23.0 Å². The normalized spacial score (nSPS) is 16.1. The van der Waals surface area contributed by atoms with Crippen molar-refractivity contribution >= 4 is 50.9 Å². The van der Waals surface area contributed by atoms with E-state index in [1.807, 2.05) is 0 Å². The fourth-order valence-corrected chi connectivity index (χ4v) is 4.98. The zero-order chi connectivity index (χ0) is 22.3. The van der Waals surface area contributed by atoms with E-state index in [4.69, 9.17) is 16.3 Å². The molecule has 0 unspecified atom stereocenters. The summed E-state index contributed by atoms with van der Waals surface area (Å²) in [7, 11) is 1.29. The molecule has 4 rings (SSSR count). The molecule has 9 heteroatoms. The van der Waals surface area contributed by atoms with Crippen molar-refractivity contribution in [2.75, 3.05) is 7.11 Å². The minimum atomic E-state index is -0.709. The first-order valence-corrected chi connectivity index (χ1v) is 11.1. The van der Waals surface area contributed by atoms with E-state index in [2.05, 4.69) is 20.9 Å². The second-order valence-electron chi connectivity index (χ2n) is 6.83. The van der Waals surface area contributed by atoms with Crippen molar-refractivity contribution in [2.45, 2.75) is 13.0 Å². The number of aromatic hydroxyl groups is 1. The van der Waals surface area contributed by atoms with Crippen LogP contribution in [0.1, 0.15) is 24.1 Å². The highest BCUT2D eigenvalue weighted by Gasteiger charge is 2.33. The van der Waals surface area contributed by atoms with E-state index >= 15 is 0 Å². The fourth-order valence-electron chi connectivity index (χ4n) is 3.44. The molecular formula is C22H16BrClN2O4S. The summed E-state index contributed by atoms with van der Waals surface area (Å²) in [6.07, 6.45) is 1.61. The first-order valence-electron chi connectivity index (χ1n) is 9.15.